The molecule has 0 N–H and O–H groups in total. The zero-order chi connectivity index (χ0) is 10.1. The lowest BCUT2D eigenvalue weighted by atomic mass is 10.00. The highest BCUT2D eigenvalue weighted by Crippen LogP contribution is 2.30. The molecule has 0 aliphatic rings. The van der Waals surface area contributed by atoms with E-state index in [2.05, 4.69) is 11.2 Å². The van der Waals surface area contributed by atoms with Crippen molar-refractivity contribution in [1.29, 1.82) is 0 Å². The van der Waals surface area contributed by atoms with Crippen LogP contribution in [-0.4, -0.2) is 0 Å². The molecular formula is C12H11NO. The summed E-state index contributed by atoms with van der Waals surface area (Å²) >= 11 is 0. The van der Waals surface area contributed by atoms with Crippen molar-refractivity contribution in [2.24, 2.45) is 5.18 Å². The summed E-state index contributed by atoms with van der Waals surface area (Å²) in [6, 6.07) is 9.72. The molecule has 2 aromatic carbocycles. The van der Waals surface area contributed by atoms with Gasteiger partial charge >= 0.3 is 0 Å². The molecule has 0 amide bonds. The first-order valence-corrected chi connectivity index (χ1v) is 4.56. The molecule has 0 radical (unpaired) electrons. The predicted molar refractivity (Wildman–Crippen MR) is 58.9 cm³/mol. The van der Waals surface area contributed by atoms with Crippen LogP contribution in [0.5, 0.6) is 0 Å². The Labute approximate surface area is 82.5 Å². The average molecular weight is 185 g/mol. The van der Waals surface area contributed by atoms with Gasteiger partial charge in [0.2, 0.25) is 0 Å². The summed E-state index contributed by atoms with van der Waals surface area (Å²) < 4.78 is 0. The van der Waals surface area contributed by atoms with Gasteiger partial charge in [-0.1, -0.05) is 24.3 Å². The molecular weight excluding hydrogens is 174 g/mol. The van der Waals surface area contributed by atoms with Crippen molar-refractivity contribution in [1.82, 2.24) is 0 Å². The van der Waals surface area contributed by atoms with E-state index in [0.29, 0.717) is 5.69 Å². The zero-order valence-electron chi connectivity index (χ0n) is 8.24. The summed E-state index contributed by atoms with van der Waals surface area (Å²) in [7, 11) is 0. The maximum absolute atomic E-state index is 10.6. The number of aryl methyl sites for hydroxylation is 2. The van der Waals surface area contributed by atoms with Crippen molar-refractivity contribution in [3.05, 3.63) is 46.4 Å². The van der Waals surface area contributed by atoms with Crippen molar-refractivity contribution < 1.29 is 0 Å². The Kier molecular flexibility index (Phi) is 2.04. The minimum Gasteiger partial charge on any atom is -0.145 e. The highest BCUT2D eigenvalue weighted by Gasteiger charge is 2.05. The highest BCUT2D eigenvalue weighted by atomic mass is 16.3. The Morgan fingerprint density at radius 2 is 1.71 bits per heavy atom. The molecule has 0 unspecified atom stereocenters. The van der Waals surface area contributed by atoms with E-state index in [1.54, 1.807) is 6.07 Å². The van der Waals surface area contributed by atoms with Gasteiger partial charge in [0, 0.05) is 5.39 Å². The van der Waals surface area contributed by atoms with E-state index in [4.69, 9.17) is 0 Å². The van der Waals surface area contributed by atoms with Crippen molar-refractivity contribution in [3.8, 4) is 0 Å². The van der Waals surface area contributed by atoms with Crippen molar-refractivity contribution >= 4 is 16.5 Å². The van der Waals surface area contributed by atoms with Crippen LogP contribution in [0.25, 0.3) is 10.8 Å². The predicted octanol–water partition coefficient (Wildman–Crippen LogP) is 3.85. The number of hydrogen-bond acceptors (Lipinski definition) is 2. The number of hydrogen-bond donors (Lipinski definition) is 0. The van der Waals surface area contributed by atoms with Gasteiger partial charge in [-0.2, -0.15) is 0 Å². The second-order valence-corrected chi connectivity index (χ2v) is 3.49. The maximum atomic E-state index is 10.6. The number of nitroso groups, excluding NO2 is 1. The Bertz CT molecular complexity index is 503. The van der Waals surface area contributed by atoms with Gasteiger partial charge in [-0.25, -0.2) is 0 Å². The van der Waals surface area contributed by atoms with Gasteiger partial charge in [-0.05, 0) is 41.6 Å². The number of rotatable bonds is 1. The fraction of sp³-hybridized carbons (Fsp3) is 0.167. The van der Waals surface area contributed by atoms with Crippen LogP contribution >= 0.6 is 0 Å². The fourth-order valence-corrected chi connectivity index (χ4v) is 1.78. The SMILES string of the molecule is Cc1ccc(C)c2c(N=O)cccc12. The molecule has 0 fully saturated rings. The maximum Gasteiger partial charge on any atom is 0.116 e. The van der Waals surface area contributed by atoms with E-state index in [-0.39, 0.29) is 0 Å². The fourth-order valence-electron chi connectivity index (χ4n) is 1.78. The smallest absolute Gasteiger partial charge is 0.116 e. The molecule has 2 rings (SSSR count). The quantitative estimate of drug-likeness (QED) is 0.620. The molecule has 0 spiro atoms. The highest BCUT2D eigenvalue weighted by molar-refractivity contribution is 5.97. The molecule has 0 saturated heterocycles. The molecule has 14 heavy (non-hydrogen) atoms. The first kappa shape index (κ1) is 8.88. The lowest BCUT2D eigenvalue weighted by molar-refractivity contribution is 1.44. The molecule has 70 valence electrons. The number of benzene rings is 2. The molecule has 2 aromatic rings. The Hall–Kier alpha value is -1.70. The molecule has 0 atom stereocenters. The summed E-state index contributed by atoms with van der Waals surface area (Å²) in [5.74, 6) is 0. The normalized spacial score (nSPS) is 10.4. The van der Waals surface area contributed by atoms with Crippen LogP contribution in [-0.2, 0) is 0 Å². The monoisotopic (exact) mass is 185 g/mol. The van der Waals surface area contributed by atoms with Crippen molar-refractivity contribution in [3.63, 3.8) is 0 Å². The summed E-state index contributed by atoms with van der Waals surface area (Å²) in [4.78, 5) is 10.6. The third-order valence-electron chi connectivity index (χ3n) is 2.54. The van der Waals surface area contributed by atoms with Crippen LogP contribution in [0.4, 0.5) is 5.69 Å². The van der Waals surface area contributed by atoms with Gasteiger partial charge in [0.1, 0.15) is 5.69 Å². The van der Waals surface area contributed by atoms with Gasteiger partial charge in [-0.3, -0.25) is 0 Å². The van der Waals surface area contributed by atoms with Gasteiger partial charge < -0.3 is 0 Å². The minimum absolute atomic E-state index is 0.531. The van der Waals surface area contributed by atoms with E-state index in [1.807, 2.05) is 32.0 Å². The largest absolute Gasteiger partial charge is 0.145 e. The standard InChI is InChI=1S/C12H11NO/c1-8-6-7-9(2)12-10(8)4-3-5-11(12)13-14/h3-7H,1-2H3. The van der Waals surface area contributed by atoms with Crippen LogP contribution in [0.2, 0.25) is 0 Å². The summed E-state index contributed by atoms with van der Waals surface area (Å²) in [5.41, 5.74) is 2.81. The van der Waals surface area contributed by atoms with E-state index in [0.717, 1.165) is 16.3 Å². The van der Waals surface area contributed by atoms with Crippen LogP contribution in [0.1, 0.15) is 11.1 Å². The van der Waals surface area contributed by atoms with Crippen molar-refractivity contribution in [2.45, 2.75) is 13.8 Å². The third kappa shape index (κ3) is 1.20. The van der Waals surface area contributed by atoms with Crippen LogP contribution in [0.15, 0.2) is 35.5 Å². The van der Waals surface area contributed by atoms with Crippen molar-refractivity contribution in [2.75, 3.05) is 0 Å². The van der Waals surface area contributed by atoms with Gasteiger partial charge in [0.25, 0.3) is 0 Å². The van der Waals surface area contributed by atoms with Gasteiger partial charge in [0.15, 0.2) is 0 Å². The first-order chi connectivity index (χ1) is 6.74. The lowest BCUT2D eigenvalue weighted by Crippen LogP contribution is -1.82. The molecule has 0 aliphatic carbocycles. The first-order valence-electron chi connectivity index (χ1n) is 4.56. The minimum atomic E-state index is 0.531. The molecule has 0 heterocycles. The molecule has 2 heteroatoms. The molecule has 2 nitrogen and oxygen atoms in total. The Morgan fingerprint density at radius 3 is 2.43 bits per heavy atom. The number of fused-ring (bicyclic) bond motifs is 1. The van der Waals surface area contributed by atoms with Gasteiger partial charge in [0.05, 0.1) is 0 Å². The second kappa shape index (κ2) is 3.22. The summed E-state index contributed by atoms with van der Waals surface area (Å²) in [6.45, 7) is 4.03. The van der Waals surface area contributed by atoms with Crippen LogP contribution < -0.4 is 0 Å². The zero-order valence-corrected chi connectivity index (χ0v) is 8.24. The summed E-state index contributed by atoms with van der Waals surface area (Å²) in [6.07, 6.45) is 0. The third-order valence-corrected chi connectivity index (χ3v) is 2.54. The molecule has 0 aromatic heterocycles. The van der Waals surface area contributed by atoms with E-state index < -0.39 is 0 Å². The average Bonchev–Trinajstić information content (AvgIpc) is 2.23. The summed E-state index contributed by atoms with van der Waals surface area (Å²) in [5, 5.41) is 5.14. The van der Waals surface area contributed by atoms with E-state index in [9.17, 15) is 4.91 Å². The second-order valence-electron chi connectivity index (χ2n) is 3.49. The molecule has 0 aliphatic heterocycles. The molecule has 0 saturated carbocycles. The van der Waals surface area contributed by atoms with Crippen LogP contribution in [0, 0.1) is 18.8 Å². The molecule has 0 bridgehead atoms. The van der Waals surface area contributed by atoms with Crippen LogP contribution in [0.3, 0.4) is 0 Å². The number of nitrogens with zero attached hydrogens (tertiary/aromatic N) is 1. The van der Waals surface area contributed by atoms with E-state index in [1.165, 1.54) is 5.56 Å². The van der Waals surface area contributed by atoms with Gasteiger partial charge in [-0.15, -0.1) is 4.91 Å². The lowest BCUT2D eigenvalue weighted by Gasteiger charge is -2.06. The topological polar surface area (TPSA) is 29.4 Å². The van der Waals surface area contributed by atoms with E-state index >= 15 is 0 Å². The Balaban J connectivity index is 2.99. The Morgan fingerprint density at radius 1 is 1.00 bits per heavy atom.